The third-order valence-electron chi connectivity index (χ3n) is 3.60. The van der Waals surface area contributed by atoms with Gasteiger partial charge in [-0.1, -0.05) is 0 Å². The van der Waals surface area contributed by atoms with Crippen LogP contribution in [0.2, 0.25) is 0 Å². The van der Waals surface area contributed by atoms with Gasteiger partial charge in [-0.05, 0) is 30.7 Å². The zero-order valence-corrected chi connectivity index (χ0v) is 12.8. The van der Waals surface area contributed by atoms with E-state index in [9.17, 15) is 13.6 Å². The molecule has 3 heterocycles. The molecule has 0 saturated heterocycles. The second-order valence-electron chi connectivity index (χ2n) is 5.31. The van der Waals surface area contributed by atoms with Crippen LogP contribution in [-0.2, 0) is 0 Å². The van der Waals surface area contributed by atoms with E-state index in [-0.39, 0.29) is 11.5 Å². The van der Waals surface area contributed by atoms with Gasteiger partial charge >= 0.3 is 5.63 Å². The van der Waals surface area contributed by atoms with Crippen molar-refractivity contribution in [2.75, 3.05) is 0 Å². The molecular weight excluding hydrogens is 334 g/mol. The molecule has 4 aromatic rings. The average molecular weight is 344 g/mol. The van der Waals surface area contributed by atoms with E-state index in [0.29, 0.717) is 11.3 Å². The van der Waals surface area contributed by atoms with Crippen LogP contribution in [0.1, 0.15) is 17.8 Å². The Morgan fingerprint density at radius 2 is 2.00 bits per heavy atom. The topological polar surface area (TPSA) is 82.5 Å². The standard InChI is InChI=1S/C16H10F2N4O3/c1-8-6-14(23)25-11-7-9(2-3-10(8)11)24-13-5-4-12-19-20-16(15(17)18)22(12)21-13/h2-7,15H,1H3. The molecule has 0 radical (unpaired) electrons. The lowest BCUT2D eigenvalue weighted by atomic mass is 10.1. The summed E-state index contributed by atoms with van der Waals surface area (Å²) in [5.74, 6) is -0.149. The summed E-state index contributed by atoms with van der Waals surface area (Å²) < 4.78 is 37.4. The molecule has 0 aliphatic carbocycles. The molecule has 0 atom stereocenters. The maximum atomic E-state index is 12.9. The van der Waals surface area contributed by atoms with E-state index >= 15 is 0 Å². The summed E-state index contributed by atoms with van der Waals surface area (Å²) in [6, 6.07) is 9.29. The van der Waals surface area contributed by atoms with Crippen LogP contribution in [0.25, 0.3) is 16.6 Å². The van der Waals surface area contributed by atoms with E-state index in [2.05, 4.69) is 15.3 Å². The first kappa shape index (κ1) is 15.2. The fourth-order valence-corrected chi connectivity index (χ4v) is 2.47. The van der Waals surface area contributed by atoms with Crippen molar-refractivity contribution in [2.24, 2.45) is 0 Å². The predicted molar refractivity (Wildman–Crippen MR) is 83.0 cm³/mol. The summed E-state index contributed by atoms with van der Waals surface area (Å²) in [5, 5.41) is 11.7. The lowest BCUT2D eigenvalue weighted by Crippen LogP contribution is -2.01. The minimum Gasteiger partial charge on any atom is -0.437 e. The molecule has 0 N–H and O–H groups in total. The molecular formula is C16H10F2N4O3. The summed E-state index contributed by atoms with van der Waals surface area (Å²) in [7, 11) is 0. The van der Waals surface area contributed by atoms with Crippen molar-refractivity contribution in [3.8, 4) is 11.6 Å². The van der Waals surface area contributed by atoms with Crippen LogP contribution in [0.3, 0.4) is 0 Å². The number of hydrogen-bond donors (Lipinski definition) is 0. The zero-order valence-electron chi connectivity index (χ0n) is 12.8. The Morgan fingerprint density at radius 1 is 1.16 bits per heavy atom. The number of aryl methyl sites for hydroxylation is 1. The molecule has 0 aliphatic heterocycles. The van der Waals surface area contributed by atoms with Crippen molar-refractivity contribution in [1.29, 1.82) is 0 Å². The van der Waals surface area contributed by atoms with Crippen LogP contribution < -0.4 is 10.4 Å². The maximum Gasteiger partial charge on any atom is 0.336 e. The molecule has 0 bridgehead atoms. The van der Waals surface area contributed by atoms with Crippen molar-refractivity contribution < 1.29 is 17.9 Å². The Hall–Kier alpha value is -3.36. The molecule has 25 heavy (non-hydrogen) atoms. The molecule has 9 heteroatoms. The van der Waals surface area contributed by atoms with Gasteiger partial charge in [0.2, 0.25) is 11.7 Å². The molecule has 126 valence electrons. The minimum absolute atomic E-state index is 0.0727. The fraction of sp³-hybridized carbons (Fsp3) is 0.125. The van der Waals surface area contributed by atoms with Crippen LogP contribution in [0.15, 0.2) is 45.6 Å². The number of ether oxygens (including phenoxy) is 1. The Bertz CT molecular complexity index is 1150. The van der Waals surface area contributed by atoms with Crippen LogP contribution >= 0.6 is 0 Å². The summed E-state index contributed by atoms with van der Waals surface area (Å²) in [4.78, 5) is 11.5. The van der Waals surface area contributed by atoms with Gasteiger partial charge in [0.25, 0.3) is 6.43 Å². The average Bonchev–Trinajstić information content (AvgIpc) is 2.97. The SMILES string of the molecule is Cc1cc(=O)oc2cc(Oc3ccc4nnc(C(F)F)n4n3)ccc12. The molecule has 0 aliphatic rings. The summed E-state index contributed by atoms with van der Waals surface area (Å²) in [6.45, 7) is 1.80. The molecule has 3 aromatic heterocycles. The van der Waals surface area contributed by atoms with Crippen molar-refractivity contribution >= 4 is 16.6 Å². The van der Waals surface area contributed by atoms with Crippen LogP contribution in [0.4, 0.5) is 8.78 Å². The van der Waals surface area contributed by atoms with Gasteiger partial charge in [0, 0.05) is 23.6 Å². The van der Waals surface area contributed by atoms with E-state index < -0.39 is 17.9 Å². The van der Waals surface area contributed by atoms with Crippen molar-refractivity contribution in [3.63, 3.8) is 0 Å². The van der Waals surface area contributed by atoms with E-state index in [1.54, 1.807) is 19.1 Å². The summed E-state index contributed by atoms with van der Waals surface area (Å²) >= 11 is 0. The number of halogens is 2. The highest BCUT2D eigenvalue weighted by molar-refractivity contribution is 5.81. The van der Waals surface area contributed by atoms with Gasteiger partial charge in [0.15, 0.2) is 5.65 Å². The molecule has 1 aromatic carbocycles. The van der Waals surface area contributed by atoms with Gasteiger partial charge < -0.3 is 9.15 Å². The molecule has 0 amide bonds. The first-order valence-corrected chi connectivity index (χ1v) is 7.24. The molecule has 0 unspecified atom stereocenters. The third kappa shape index (κ3) is 2.69. The Kier molecular flexibility index (Phi) is 3.41. The first-order chi connectivity index (χ1) is 12.0. The fourth-order valence-electron chi connectivity index (χ4n) is 2.47. The second kappa shape index (κ2) is 5.62. The number of benzene rings is 1. The summed E-state index contributed by atoms with van der Waals surface area (Å²) in [6.07, 6.45) is -2.81. The van der Waals surface area contributed by atoms with E-state index in [0.717, 1.165) is 15.5 Å². The lowest BCUT2D eigenvalue weighted by Gasteiger charge is -2.07. The number of hydrogen-bond acceptors (Lipinski definition) is 6. The van der Waals surface area contributed by atoms with Gasteiger partial charge in [0.05, 0.1) is 0 Å². The Balaban J connectivity index is 1.74. The number of fused-ring (bicyclic) bond motifs is 2. The molecule has 0 saturated carbocycles. The van der Waals surface area contributed by atoms with Crippen molar-refractivity contribution in [1.82, 2.24) is 19.8 Å². The van der Waals surface area contributed by atoms with Gasteiger partial charge in [0.1, 0.15) is 11.3 Å². The maximum absolute atomic E-state index is 12.9. The molecule has 7 nitrogen and oxygen atoms in total. The zero-order chi connectivity index (χ0) is 17.6. The largest absolute Gasteiger partial charge is 0.437 e. The molecule has 4 rings (SSSR count). The number of nitrogens with zero attached hydrogens (tertiary/aromatic N) is 4. The van der Waals surface area contributed by atoms with Crippen LogP contribution in [-0.4, -0.2) is 19.8 Å². The van der Waals surface area contributed by atoms with Crippen LogP contribution in [0.5, 0.6) is 11.6 Å². The van der Waals surface area contributed by atoms with E-state index in [1.807, 2.05) is 0 Å². The Labute approximate surface area is 138 Å². The molecule has 0 spiro atoms. The highest BCUT2D eigenvalue weighted by atomic mass is 19.3. The van der Waals surface area contributed by atoms with E-state index in [4.69, 9.17) is 9.15 Å². The van der Waals surface area contributed by atoms with Gasteiger partial charge in [-0.25, -0.2) is 13.6 Å². The predicted octanol–water partition coefficient (Wildman–Crippen LogP) is 3.27. The number of alkyl halides is 2. The second-order valence-corrected chi connectivity index (χ2v) is 5.31. The number of rotatable bonds is 3. The van der Waals surface area contributed by atoms with Gasteiger partial charge in [-0.15, -0.1) is 15.3 Å². The highest BCUT2D eigenvalue weighted by Gasteiger charge is 2.17. The van der Waals surface area contributed by atoms with Crippen molar-refractivity contribution in [3.05, 3.63) is 58.2 Å². The third-order valence-corrected chi connectivity index (χ3v) is 3.60. The first-order valence-electron chi connectivity index (χ1n) is 7.24. The van der Waals surface area contributed by atoms with Crippen molar-refractivity contribution in [2.45, 2.75) is 13.3 Å². The normalized spacial score (nSPS) is 11.5. The summed E-state index contributed by atoms with van der Waals surface area (Å²) in [5.41, 5.74) is 0.861. The number of aromatic nitrogens is 4. The molecule has 0 fully saturated rings. The van der Waals surface area contributed by atoms with E-state index in [1.165, 1.54) is 24.3 Å². The monoisotopic (exact) mass is 344 g/mol. The minimum atomic E-state index is -2.81. The highest BCUT2D eigenvalue weighted by Crippen LogP contribution is 2.26. The van der Waals surface area contributed by atoms with Crippen LogP contribution in [0, 0.1) is 6.92 Å². The Morgan fingerprint density at radius 3 is 2.80 bits per heavy atom. The quantitative estimate of drug-likeness (QED) is 0.531. The van der Waals surface area contributed by atoms with Gasteiger partial charge in [-0.2, -0.15) is 4.52 Å². The van der Waals surface area contributed by atoms with Gasteiger partial charge in [-0.3, -0.25) is 0 Å². The smallest absolute Gasteiger partial charge is 0.336 e. The lowest BCUT2D eigenvalue weighted by molar-refractivity contribution is 0.137.